The van der Waals surface area contributed by atoms with E-state index in [1.165, 1.54) is 12.3 Å². The van der Waals surface area contributed by atoms with Crippen LogP contribution in [-0.4, -0.2) is 32.2 Å². The van der Waals surface area contributed by atoms with Gasteiger partial charge < -0.3 is 15.6 Å². The van der Waals surface area contributed by atoms with E-state index in [0.717, 1.165) is 35.3 Å². The molecule has 29 heavy (non-hydrogen) atoms. The van der Waals surface area contributed by atoms with E-state index >= 15 is 0 Å². The molecule has 1 aliphatic rings. The number of amides is 1. The van der Waals surface area contributed by atoms with Gasteiger partial charge in [0.1, 0.15) is 5.82 Å². The number of fused-ring (bicyclic) bond motifs is 1. The highest BCUT2D eigenvalue weighted by molar-refractivity contribution is 5.94. The Balaban J connectivity index is 1.47. The van der Waals surface area contributed by atoms with Crippen LogP contribution in [-0.2, 0) is 19.5 Å². The largest absolute Gasteiger partial charge is 0.347 e. The van der Waals surface area contributed by atoms with Crippen LogP contribution in [0.1, 0.15) is 47.2 Å². The second kappa shape index (κ2) is 8.00. The van der Waals surface area contributed by atoms with E-state index in [2.05, 4.69) is 39.5 Å². The van der Waals surface area contributed by atoms with Crippen LogP contribution in [0.3, 0.4) is 0 Å². The molecule has 0 radical (unpaired) electrons. The van der Waals surface area contributed by atoms with Crippen LogP contribution in [0.4, 0.5) is 0 Å². The number of nitrogens with zero attached hydrogens (tertiary/aromatic N) is 3. The molecule has 1 aromatic carbocycles. The lowest BCUT2D eigenvalue weighted by atomic mass is 10.1. The molecule has 3 aromatic rings. The molecule has 3 heterocycles. The van der Waals surface area contributed by atoms with Crippen LogP contribution in [0.25, 0.3) is 11.4 Å². The molecule has 0 unspecified atom stereocenters. The molecule has 150 valence electrons. The van der Waals surface area contributed by atoms with Crippen molar-refractivity contribution in [3.63, 3.8) is 0 Å². The van der Waals surface area contributed by atoms with Crippen molar-refractivity contribution in [2.45, 2.75) is 39.4 Å². The van der Waals surface area contributed by atoms with Crippen LogP contribution in [0.5, 0.6) is 0 Å². The van der Waals surface area contributed by atoms with Gasteiger partial charge in [0.25, 0.3) is 11.5 Å². The highest BCUT2D eigenvalue weighted by Crippen LogP contribution is 2.22. The molecule has 0 saturated carbocycles. The van der Waals surface area contributed by atoms with Gasteiger partial charge in [-0.1, -0.05) is 24.3 Å². The van der Waals surface area contributed by atoms with Crippen molar-refractivity contribution < 1.29 is 4.79 Å². The van der Waals surface area contributed by atoms with Crippen LogP contribution in [0.2, 0.25) is 0 Å². The third-order valence-corrected chi connectivity index (χ3v) is 5.01. The first-order valence-electron chi connectivity index (χ1n) is 9.76. The Hall–Kier alpha value is -3.26. The lowest BCUT2D eigenvalue weighted by Crippen LogP contribution is -2.28. The first kappa shape index (κ1) is 19.1. The van der Waals surface area contributed by atoms with Crippen LogP contribution >= 0.6 is 0 Å². The Morgan fingerprint density at radius 3 is 2.76 bits per heavy atom. The summed E-state index contributed by atoms with van der Waals surface area (Å²) in [6.45, 7) is 6.12. The summed E-state index contributed by atoms with van der Waals surface area (Å²) in [7, 11) is 0. The van der Waals surface area contributed by atoms with E-state index in [-0.39, 0.29) is 17.5 Å². The summed E-state index contributed by atoms with van der Waals surface area (Å²) < 4.78 is 1.97. The number of aromatic nitrogens is 4. The quantitative estimate of drug-likeness (QED) is 0.614. The van der Waals surface area contributed by atoms with Crippen molar-refractivity contribution in [3.8, 4) is 11.4 Å². The SMILES string of the molecule is CC(C)n1nc(C(=O)NCc2ccc(-c3nccc(=O)[nH]3)cc2)c2c1CCNC2. The lowest BCUT2D eigenvalue weighted by molar-refractivity contribution is 0.0944. The number of hydrogen-bond donors (Lipinski definition) is 3. The van der Waals surface area contributed by atoms with Crippen LogP contribution < -0.4 is 16.2 Å². The van der Waals surface area contributed by atoms with E-state index in [0.29, 0.717) is 24.6 Å². The van der Waals surface area contributed by atoms with Gasteiger partial charge in [-0.3, -0.25) is 14.3 Å². The number of rotatable bonds is 5. The average molecular weight is 392 g/mol. The molecule has 8 heteroatoms. The maximum Gasteiger partial charge on any atom is 0.272 e. The molecule has 2 aromatic heterocycles. The van der Waals surface area contributed by atoms with Crippen molar-refractivity contribution in [2.24, 2.45) is 0 Å². The average Bonchev–Trinajstić information content (AvgIpc) is 3.13. The van der Waals surface area contributed by atoms with Gasteiger partial charge in [0.15, 0.2) is 5.69 Å². The first-order valence-corrected chi connectivity index (χ1v) is 9.76. The van der Waals surface area contributed by atoms with Gasteiger partial charge in [-0.05, 0) is 19.4 Å². The summed E-state index contributed by atoms with van der Waals surface area (Å²) in [5.41, 5.74) is 4.23. The van der Waals surface area contributed by atoms with Crippen molar-refractivity contribution >= 4 is 5.91 Å². The highest BCUT2D eigenvalue weighted by atomic mass is 16.2. The van der Waals surface area contributed by atoms with Crippen molar-refractivity contribution in [1.29, 1.82) is 0 Å². The minimum Gasteiger partial charge on any atom is -0.347 e. The normalized spacial score (nSPS) is 13.3. The molecule has 8 nitrogen and oxygen atoms in total. The van der Waals surface area contributed by atoms with Gasteiger partial charge in [0, 0.05) is 61.2 Å². The molecule has 3 N–H and O–H groups in total. The van der Waals surface area contributed by atoms with E-state index in [9.17, 15) is 9.59 Å². The Morgan fingerprint density at radius 1 is 1.24 bits per heavy atom. The Labute approximate surface area is 168 Å². The number of hydrogen-bond acceptors (Lipinski definition) is 5. The number of H-pyrrole nitrogens is 1. The third-order valence-electron chi connectivity index (χ3n) is 5.01. The zero-order valence-corrected chi connectivity index (χ0v) is 16.5. The fourth-order valence-electron chi connectivity index (χ4n) is 3.55. The van der Waals surface area contributed by atoms with Crippen molar-refractivity contribution in [3.05, 3.63) is 69.4 Å². The monoisotopic (exact) mass is 392 g/mol. The minimum atomic E-state index is -0.190. The summed E-state index contributed by atoms with van der Waals surface area (Å²) in [5, 5.41) is 10.9. The van der Waals surface area contributed by atoms with Gasteiger partial charge in [-0.25, -0.2) is 4.98 Å². The van der Waals surface area contributed by atoms with Gasteiger partial charge in [-0.15, -0.1) is 0 Å². The molecule has 0 saturated heterocycles. The van der Waals surface area contributed by atoms with Crippen molar-refractivity contribution in [2.75, 3.05) is 6.54 Å². The molecule has 0 aliphatic carbocycles. The van der Waals surface area contributed by atoms with Crippen molar-refractivity contribution in [1.82, 2.24) is 30.4 Å². The topological polar surface area (TPSA) is 105 Å². The molecular formula is C21H24N6O2. The van der Waals surface area contributed by atoms with Gasteiger partial charge in [-0.2, -0.15) is 5.10 Å². The van der Waals surface area contributed by atoms with E-state index in [4.69, 9.17) is 0 Å². The molecule has 0 bridgehead atoms. The van der Waals surface area contributed by atoms with Crippen LogP contribution in [0.15, 0.2) is 41.3 Å². The summed E-state index contributed by atoms with van der Waals surface area (Å²) in [5.74, 6) is 0.355. The Morgan fingerprint density at radius 2 is 2.03 bits per heavy atom. The Bertz CT molecular complexity index is 1080. The number of carbonyl (C=O) groups is 1. The lowest BCUT2D eigenvalue weighted by Gasteiger charge is -2.17. The Kier molecular flexibility index (Phi) is 5.26. The summed E-state index contributed by atoms with van der Waals surface area (Å²) in [4.78, 5) is 31.1. The maximum absolute atomic E-state index is 12.8. The molecule has 1 amide bonds. The molecule has 1 aliphatic heterocycles. The molecule has 0 atom stereocenters. The predicted octanol–water partition coefficient (Wildman–Crippen LogP) is 1.79. The van der Waals surface area contributed by atoms with E-state index in [1.807, 2.05) is 28.9 Å². The standard InChI is InChI=1S/C21H24N6O2/c1-13(2)27-17-7-9-22-12-16(17)19(26-27)21(29)24-11-14-3-5-15(6-4-14)20-23-10-8-18(28)25-20/h3-6,8,10,13,22H,7,9,11-12H2,1-2H3,(H,24,29)(H,23,25,28). The third kappa shape index (κ3) is 3.97. The predicted molar refractivity (Wildman–Crippen MR) is 109 cm³/mol. The number of aromatic amines is 1. The molecule has 4 rings (SSSR count). The molecular weight excluding hydrogens is 368 g/mol. The van der Waals surface area contributed by atoms with Crippen LogP contribution in [0, 0.1) is 0 Å². The van der Waals surface area contributed by atoms with E-state index < -0.39 is 0 Å². The number of benzene rings is 1. The fraction of sp³-hybridized carbons (Fsp3) is 0.333. The summed E-state index contributed by atoms with van der Waals surface area (Å²) in [6, 6.07) is 9.16. The zero-order valence-electron chi connectivity index (χ0n) is 16.5. The highest BCUT2D eigenvalue weighted by Gasteiger charge is 2.25. The smallest absolute Gasteiger partial charge is 0.272 e. The number of carbonyl (C=O) groups excluding carboxylic acids is 1. The first-order chi connectivity index (χ1) is 14.0. The molecule has 0 spiro atoms. The zero-order chi connectivity index (χ0) is 20.4. The van der Waals surface area contributed by atoms with Gasteiger partial charge in [0.2, 0.25) is 0 Å². The van der Waals surface area contributed by atoms with E-state index in [1.54, 1.807) is 0 Å². The second-order valence-electron chi connectivity index (χ2n) is 7.40. The number of nitrogens with one attached hydrogen (secondary N) is 3. The van der Waals surface area contributed by atoms with Gasteiger partial charge >= 0.3 is 0 Å². The molecule has 0 fully saturated rings. The maximum atomic E-state index is 12.8. The van der Waals surface area contributed by atoms with Gasteiger partial charge in [0.05, 0.1) is 0 Å². The summed E-state index contributed by atoms with van der Waals surface area (Å²) >= 11 is 0. The fourth-order valence-corrected chi connectivity index (χ4v) is 3.55. The minimum absolute atomic E-state index is 0.164. The second-order valence-corrected chi connectivity index (χ2v) is 7.40. The summed E-state index contributed by atoms with van der Waals surface area (Å²) in [6.07, 6.45) is 2.36.